The molecule has 1 aromatic carbocycles. The van der Waals surface area contributed by atoms with E-state index in [0.29, 0.717) is 12.0 Å². The van der Waals surface area contributed by atoms with Crippen molar-refractivity contribution in [2.24, 2.45) is 11.7 Å². The second-order valence-electron chi connectivity index (χ2n) is 6.00. The van der Waals surface area contributed by atoms with Crippen LogP contribution in [0.15, 0.2) is 30.5 Å². The fourth-order valence-electron chi connectivity index (χ4n) is 3.55. The van der Waals surface area contributed by atoms with Gasteiger partial charge >= 0.3 is 0 Å². The molecule has 3 rings (SSSR count). The Kier molecular flexibility index (Phi) is 3.97. The molecule has 1 aliphatic carbocycles. The predicted molar refractivity (Wildman–Crippen MR) is 86.6 cm³/mol. The number of pyridine rings is 1. The van der Waals surface area contributed by atoms with E-state index in [2.05, 4.69) is 16.9 Å². The highest BCUT2D eigenvalue weighted by atomic mass is 16.3. The van der Waals surface area contributed by atoms with Crippen LogP contribution in [0.3, 0.4) is 0 Å². The molecule has 2 unspecified atom stereocenters. The summed E-state index contributed by atoms with van der Waals surface area (Å²) < 4.78 is 0. The fraction of sp³-hybridized carbons (Fsp3) is 0.471. The Bertz CT molecular complexity index is 628. The lowest BCUT2D eigenvalue weighted by molar-refractivity contribution is 0.306. The van der Waals surface area contributed by atoms with Gasteiger partial charge in [-0.1, -0.05) is 18.9 Å². The summed E-state index contributed by atoms with van der Waals surface area (Å²) >= 11 is 0. The zero-order valence-corrected chi connectivity index (χ0v) is 12.5. The molecule has 1 aromatic heterocycles. The molecule has 1 heterocycles. The second-order valence-corrected chi connectivity index (χ2v) is 6.00. The van der Waals surface area contributed by atoms with Crippen molar-refractivity contribution in [1.29, 1.82) is 0 Å². The number of phenolic OH excluding ortho intramolecular Hbond substituents is 1. The van der Waals surface area contributed by atoms with E-state index >= 15 is 0 Å². The monoisotopic (exact) mass is 285 g/mol. The van der Waals surface area contributed by atoms with Crippen LogP contribution in [0.1, 0.15) is 25.7 Å². The molecule has 0 saturated heterocycles. The first-order chi connectivity index (χ1) is 10.2. The van der Waals surface area contributed by atoms with Crippen LogP contribution >= 0.6 is 0 Å². The van der Waals surface area contributed by atoms with Gasteiger partial charge in [0.25, 0.3) is 0 Å². The predicted octanol–water partition coefficient (Wildman–Crippen LogP) is 2.89. The maximum atomic E-state index is 9.78. The molecule has 0 spiro atoms. The number of phenols is 1. The van der Waals surface area contributed by atoms with E-state index in [9.17, 15) is 5.11 Å². The van der Waals surface area contributed by atoms with Crippen LogP contribution in [0.4, 0.5) is 5.82 Å². The summed E-state index contributed by atoms with van der Waals surface area (Å²) in [6.45, 7) is 0.727. The molecule has 1 aliphatic rings. The molecule has 112 valence electrons. The summed E-state index contributed by atoms with van der Waals surface area (Å²) in [4.78, 5) is 6.83. The van der Waals surface area contributed by atoms with Gasteiger partial charge in [-0.15, -0.1) is 0 Å². The van der Waals surface area contributed by atoms with Gasteiger partial charge in [0.1, 0.15) is 11.6 Å². The molecule has 4 heteroatoms. The molecule has 0 bridgehead atoms. The normalized spacial score (nSPS) is 22.4. The molecule has 3 N–H and O–H groups in total. The number of benzene rings is 1. The molecular weight excluding hydrogens is 262 g/mol. The zero-order valence-electron chi connectivity index (χ0n) is 12.5. The average Bonchev–Trinajstić information content (AvgIpc) is 2.53. The van der Waals surface area contributed by atoms with E-state index in [4.69, 9.17) is 5.73 Å². The van der Waals surface area contributed by atoms with Gasteiger partial charge in [0.05, 0.1) is 0 Å². The van der Waals surface area contributed by atoms with E-state index in [-0.39, 0.29) is 5.75 Å². The molecular formula is C17H23N3O. The van der Waals surface area contributed by atoms with Crippen molar-refractivity contribution in [1.82, 2.24) is 4.98 Å². The van der Waals surface area contributed by atoms with Crippen molar-refractivity contribution < 1.29 is 5.11 Å². The number of rotatable bonds is 3. The number of aromatic nitrogens is 1. The zero-order chi connectivity index (χ0) is 14.8. The highest BCUT2D eigenvalue weighted by Gasteiger charge is 2.28. The Balaban J connectivity index is 2.00. The quantitative estimate of drug-likeness (QED) is 0.910. The lowest BCUT2D eigenvalue weighted by Crippen LogP contribution is -2.43. The van der Waals surface area contributed by atoms with Crippen LogP contribution in [0, 0.1) is 5.92 Å². The van der Waals surface area contributed by atoms with Crippen LogP contribution in [0.25, 0.3) is 10.8 Å². The Morgan fingerprint density at radius 1 is 1.29 bits per heavy atom. The smallest absolute Gasteiger partial charge is 0.136 e. The van der Waals surface area contributed by atoms with Crippen molar-refractivity contribution in [2.45, 2.75) is 31.7 Å². The van der Waals surface area contributed by atoms with Crippen molar-refractivity contribution in [3.63, 3.8) is 0 Å². The molecule has 4 nitrogen and oxygen atoms in total. The van der Waals surface area contributed by atoms with Gasteiger partial charge in [-0.05, 0) is 48.9 Å². The Morgan fingerprint density at radius 2 is 2.10 bits per heavy atom. The molecule has 0 radical (unpaired) electrons. The highest BCUT2D eigenvalue weighted by molar-refractivity contribution is 5.93. The van der Waals surface area contributed by atoms with Gasteiger partial charge in [0.15, 0.2) is 0 Å². The Labute approximate surface area is 125 Å². The minimum atomic E-state index is 0.282. The van der Waals surface area contributed by atoms with E-state index in [0.717, 1.165) is 29.6 Å². The summed E-state index contributed by atoms with van der Waals surface area (Å²) in [7, 11) is 2.10. The van der Waals surface area contributed by atoms with Crippen molar-refractivity contribution >= 4 is 16.6 Å². The number of aromatic hydroxyl groups is 1. The van der Waals surface area contributed by atoms with Gasteiger partial charge in [-0.25, -0.2) is 4.98 Å². The summed E-state index contributed by atoms with van der Waals surface area (Å²) in [5.74, 6) is 1.75. The maximum Gasteiger partial charge on any atom is 0.136 e. The fourth-order valence-corrected chi connectivity index (χ4v) is 3.55. The molecule has 0 aliphatic heterocycles. The second kappa shape index (κ2) is 5.90. The molecule has 0 amide bonds. The first kappa shape index (κ1) is 14.1. The average molecular weight is 285 g/mol. The number of fused-ring (bicyclic) bond motifs is 1. The number of nitrogens with two attached hydrogens (primary N) is 1. The van der Waals surface area contributed by atoms with Crippen LogP contribution in [0.2, 0.25) is 0 Å². The van der Waals surface area contributed by atoms with Crippen molar-refractivity contribution in [2.75, 3.05) is 18.5 Å². The number of anilines is 1. The van der Waals surface area contributed by atoms with Gasteiger partial charge in [-0.3, -0.25) is 0 Å². The Morgan fingerprint density at radius 3 is 2.90 bits per heavy atom. The topological polar surface area (TPSA) is 62.4 Å². The first-order valence-corrected chi connectivity index (χ1v) is 7.71. The third kappa shape index (κ3) is 2.68. The lowest BCUT2D eigenvalue weighted by Gasteiger charge is -2.38. The third-order valence-electron chi connectivity index (χ3n) is 4.73. The summed E-state index contributed by atoms with van der Waals surface area (Å²) in [6.07, 6.45) is 6.72. The van der Waals surface area contributed by atoms with Crippen LogP contribution < -0.4 is 10.6 Å². The third-order valence-corrected chi connectivity index (χ3v) is 4.73. The first-order valence-electron chi connectivity index (χ1n) is 7.71. The van der Waals surface area contributed by atoms with E-state index in [1.165, 1.54) is 19.3 Å². The number of nitrogens with zero attached hydrogens (tertiary/aromatic N) is 2. The van der Waals surface area contributed by atoms with Gasteiger partial charge in [0.2, 0.25) is 0 Å². The maximum absolute atomic E-state index is 9.78. The van der Waals surface area contributed by atoms with E-state index in [1.54, 1.807) is 12.1 Å². The lowest BCUT2D eigenvalue weighted by atomic mass is 9.83. The number of hydrogen-bond donors (Lipinski definition) is 2. The van der Waals surface area contributed by atoms with Crippen molar-refractivity contribution in [3.05, 3.63) is 30.5 Å². The Hall–Kier alpha value is -1.81. The van der Waals surface area contributed by atoms with Gasteiger partial charge < -0.3 is 15.7 Å². The number of hydrogen-bond acceptors (Lipinski definition) is 4. The van der Waals surface area contributed by atoms with Crippen LogP contribution in [-0.2, 0) is 0 Å². The minimum absolute atomic E-state index is 0.282. The van der Waals surface area contributed by atoms with Gasteiger partial charge in [0, 0.05) is 24.7 Å². The van der Waals surface area contributed by atoms with Crippen LogP contribution in [0.5, 0.6) is 5.75 Å². The summed E-state index contributed by atoms with van der Waals surface area (Å²) in [6, 6.07) is 7.87. The molecule has 1 fully saturated rings. The SMILES string of the molecule is CN(c1nccc2ccc(O)cc12)C1CCCCC1CN. The standard InChI is InChI=1S/C17H23N3O/c1-20(16-5-3-2-4-13(16)11-18)17-15-10-14(21)7-6-12(15)8-9-19-17/h6-10,13,16,21H,2-5,11,18H2,1H3. The molecule has 1 saturated carbocycles. The minimum Gasteiger partial charge on any atom is -0.508 e. The largest absolute Gasteiger partial charge is 0.508 e. The molecule has 21 heavy (non-hydrogen) atoms. The molecule has 2 atom stereocenters. The van der Waals surface area contributed by atoms with E-state index in [1.807, 2.05) is 18.3 Å². The van der Waals surface area contributed by atoms with Crippen molar-refractivity contribution in [3.8, 4) is 5.75 Å². The van der Waals surface area contributed by atoms with E-state index < -0.39 is 0 Å². The van der Waals surface area contributed by atoms with Gasteiger partial charge in [-0.2, -0.15) is 0 Å². The highest BCUT2D eigenvalue weighted by Crippen LogP contribution is 2.33. The summed E-state index contributed by atoms with van der Waals surface area (Å²) in [5, 5.41) is 11.9. The van der Waals surface area contributed by atoms with Crippen LogP contribution in [-0.4, -0.2) is 29.7 Å². The molecule has 2 aromatic rings. The summed E-state index contributed by atoms with van der Waals surface area (Å²) in [5.41, 5.74) is 5.96.